The van der Waals surface area contributed by atoms with Gasteiger partial charge >= 0.3 is 4.87 Å². The van der Waals surface area contributed by atoms with Gasteiger partial charge in [0, 0.05) is 17.2 Å². The van der Waals surface area contributed by atoms with Gasteiger partial charge in [-0.15, -0.1) is 0 Å². The van der Waals surface area contributed by atoms with Crippen LogP contribution in [0.2, 0.25) is 0 Å². The third-order valence-corrected chi connectivity index (χ3v) is 7.93. The molecule has 4 rings (SSSR count). The first-order valence-electron chi connectivity index (χ1n) is 11.3. The summed E-state index contributed by atoms with van der Waals surface area (Å²) in [6.45, 7) is 11.7. The molecule has 6 heteroatoms. The van der Waals surface area contributed by atoms with Crippen LogP contribution in [0.3, 0.4) is 0 Å². The van der Waals surface area contributed by atoms with Crippen molar-refractivity contribution in [3.8, 4) is 28.5 Å². The number of methoxy groups -OCH3 is 2. The van der Waals surface area contributed by atoms with Crippen LogP contribution in [-0.2, 0) is 17.4 Å². The number of ether oxygens (including phenoxy) is 2. The SMILES string of the molecule is COc1cc(OC)c(-c2cc3c(cc2C)C(C)(C)CCC3(C)C)cc1Cn1c(O)csc1=O. The number of hydrogen-bond acceptors (Lipinski definition) is 5. The Kier molecular flexibility index (Phi) is 5.85. The molecule has 1 N–H and O–H groups in total. The van der Waals surface area contributed by atoms with Gasteiger partial charge in [-0.1, -0.05) is 45.1 Å². The van der Waals surface area contributed by atoms with Crippen LogP contribution in [0.15, 0.2) is 34.4 Å². The monoisotopic (exact) mass is 467 g/mol. The minimum Gasteiger partial charge on any atom is -0.496 e. The van der Waals surface area contributed by atoms with Gasteiger partial charge in [-0.2, -0.15) is 0 Å². The standard InChI is InChI=1S/C27H33NO4S/c1-16-10-20-21(27(4,5)9-8-26(20,2)3)12-18(16)19-11-17(22(31-6)13-23(19)32-7)14-28-24(29)15-33-25(28)30/h10-13,15,29H,8-9,14H2,1-7H3. The molecule has 0 unspecified atom stereocenters. The molecule has 2 aromatic carbocycles. The largest absolute Gasteiger partial charge is 0.496 e. The van der Waals surface area contributed by atoms with Crippen molar-refractivity contribution in [3.63, 3.8) is 0 Å². The Balaban J connectivity index is 1.93. The lowest BCUT2D eigenvalue weighted by Crippen LogP contribution is -2.34. The van der Waals surface area contributed by atoms with Crippen LogP contribution in [0.1, 0.15) is 62.8 Å². The molecule has 0 radical (unpaired) electrons. The van der Waals surface area contributed by atoms with Gasteiger partial charge in [0.15, 0.2) is 0 Å². The number of hydrogen-bond donors (Lipinski definition) is 1. The summed E-state index contributed by atoms with van der Waals surface area (Å²) in [4.78, 5) is 12.0. The molecule has 0 spiro atoms. The highest BCUT2D eigenvalue weighted by molar-refractivity contribution is 7.07. The van der Waals surface area contributed by atoms with Crippen LogP contribution < -0.4 is 14.3 Å². The maximum absolute atomic E-state index is 12.2. The fourth-order valence-corrected chi connectivity index (χ4v) is 5.57. The number of nitrogens with zero attached hydrogens (tertiary/aromatic N) is 1. The minimum atomic E-state index is -0.208. The van der Waals surface area contributed by atoms with Crippen LogP contribution >= 0.6 is 11.3 Å². The summed E-state index contributed by atoms with van der Waals surface area (Å²) < 4.78 is 12.7. The fraction of sp³-hybridized carbons (Fsp3) is 0.444. The van der Waals surface area contributed by atoms with E-state index >= 15 is 0 Å². The zero-order valence-corrected chi connectivity index (χ0v) is 21.4. The summed E-state index contributed by atoms with van der Waals surface area (Å²) in [5, 5.41) is 11.6. The molecule has 1 heterocycles. The lowest BCUT2D eigenvalue weighted by Gasteiger charge is -2.42. The van der Waals surface area contributed by atoms with Gasteiger partial charge in [-0.25, -0.2) is 0 Å². The lowest BCUT2D eigenvalue weighted by molar-refractivity contribution is 0.332. The Morgan fingerprint density at radius 1 is 0.939 bits per heavy atom. The second-order valence-electron chi connectivity index (χ2n) is 10.3. The van der Waals surface area contributed by atoms with Crippen molar-refractivity contribution in [1.29, 1.82) is 0 Å². The van der Waals surface area contributed by atoms with Crippen LogP contribution in [0, 0.1) is 6.92 Å². The second-order valence-corrected chi connectivity index (χ2v) is 11.1. The first kappa shape index (κ1) is 23.4. The van der Waals surface area contributed by atoms with E-state index in [1.807, 2.05) is 12.1 Å². The smallest absolute Gasteiger partial charge is 0.310 e. The van der Waals surface area contributed by atoms with Crippen LogP contribution in [0.25, 0.3) is 11.1 Å². The summed E-state index contributed by atoms with van der Waals surface area (Å²) in [5.74, 6) is 1.29. The molecule has 176 valence electrons. The highest BCUT2D eigenvalue weighted by Gasteiger charge is 2.37. The fourth-order valence-electron chi connectivity index (χ4n) is 4.95. The van der Waals surface area contributed by atoms with E-state index in [9.17, 15) is 9.90 Å². The number of fused-ring (bicyclic) bond motifs is 1. The van der Waals surface area contributed by atoms with Crippen molar-refractivity contribution in [1.82, 2.24) is 4.57 Å². The Morgan fingerprint density at radius 3 is 2.09 bits per heavy atom. The van der Waals surface area contributed by atoms with Gasteiger partial charge in [0.1, 0.15) is 11.5 Å². The molecule has 0 bridgehead atoms. The molecule has 1 aliphatic carbocycles. The third kappa shape index (κ3) is 4.05. The summed E-state index contributed by atoms with van der Waals surface area (Å²) >= 11 is 0.981. The zero-order chi connectivity index (χ0) is 24.1. The number of rotatable bonds is 5. The molecule has 1 aliphatic rings. The first-order valence-corrected chi connectivity index (χ1v) is 12.1. The number of aromatic nitrogens is 1. The normalized spacial score (nSPS) is 16.3. The molecule has 0 saturated carbocycles. The Morgan fingerprint density at radius 2 is 1.55 bits per heavy atom. The molecular formula is C27H33NO4S. The molecule has 3 aromatic rings. The number of aryl methyl sites for hydroxylation is 1. The molecule has 0 amide bonds. The maximum Gasteiger partial charge on any atom is 0.310 e. The average Bonchev–Trinajstić information content (AvgIpc) is 3.08. The van der Waals surface area contributed by atoms with Crippen LogP contribution in [0.4, 0.5) is 0 Å². The lowest BCUT2D eigenvalue weighted by atomic mass is 9.62. The van der Waals surface area contributed by atoms with Gasteiger partial charge in [-0.05, 0) is 65.0 Å². The average molecular weight is 468 g/mol. The van der Waals surface area contributed by atoms with E-state index in [1.54, 1.807) is 14.2 Å². The van der Waals surface area contributed by atoms with Gasteiger partial charge in [-0.3, -0.25) is 9.36 Å². The third-order valence-electron chi connectivity index (χ3n) is 7.18. The topological polar surface area (TPSA) is 60.7 Å². The summed E-state index contributed by atoms with van der Waals surface area (Å²) in [6.07, 6.45) is 2.31. The predicted octanol–water partition coefficient (Wildman–Crippen LogP) is 6.01. The summed E-state index contributed by atoms with van der Waals surface area (Å²) in [7, 11) is 3.26. The van der Waals surface area contributed by atoms with Crippen molar-refractivity contribution in [2.45, 2.75) is 64.8 Å². The molecule has 0 atom stereocenters. The van der Waals surface area contributed by atoms with Gasteiger partial charge in [0.05, 0.1) is 26.1 Å². The van der Waals surface area contributed by atoms with Crippen LogP contribution in [-0.4, -0.2) is 23.9 Å². The molecule has 0 aliphatic heterocycles. The second kappa shape index (κ2) is 8.24. The molecule has 5 nitrogen and oxygen atoms in total. The molecule has 0 saturated heterocycles. The van der Waals surface area contributed by atoms with E-state index < -0.39 is 0 Å². The molecule has 1 aromatic heterocycles. The number of aromatic hydroxyl groups is 1. The highest BCUT2D eigenvalue weighted by atomic mass is 32.1. The van der Waals surface area contributed by atoms with E-state index in [-0.39, 0.29) is 28.1 Å². The van der Waals surface area contributed by atoms with E-state index in [0.29, 0.717) is 11.5 Å². The minimum absolute atomic E-state index is 0.0432. The van der Waals surface area contributed by atoms with E-state index in [1.165, 1.54) is 33.1 Å². The van der Waals surface area contributed by atoms with Gasteiger partial charge < -0.3 is 14.6 Å². The van der Waals surface area contributed by atoms with Crippen molar-refractivity contribution < 1.29 is 14.6 Å². The Hall–Kier alpha value is -2.73. The van der Waals surface area contributed by atoms with Crippen LogP contribution in [0.5, 0.6) is 17.4 Å². The van der Waals surface area contributed by atoms with Crippen molar-refractivity contribution in [2.24, 2.45) is 0 Å². The van der Waals surface area contributed by atoms with E-state index in [4.69, 9.17) is 9.47 Å². The van der Waals surface area contributed by atoms with Crippen molar-refractivity contribution >= 4 is 11.3 Å². The molecule has 0 fully saturated rings. The zero-order valence-electron chi connectivity index (χ0n) is 20.5. The van der Waals surface area contributed by atoms with Gasteiger partial charge in [0.2, 0.25) is 5.88 Å². The molecule has 33 heavy (non-hydrogen) atoms. The quantitative estimate of drug-likeness (QED) is 0.500. The maximum atomic E-state index is 12.2. The van der Waals surface area contributed by atoms with E-state index in [0.717, 1.165) is 34.4 Å². The number of benzene rings is 2. The number of thiazole rings is 1. The molecular weight excluding hydrogens is 434 g/mol. The summed E-state index contributed by atoms with van der Waals surface area (Å²) in [5.41, 5.74) is 7.09. The van der Waals surface area contributed by atoms with E-state index in [2.05, 4.69) is 46.8 Å². The van der Waals surface area contributed by atoms with Crippen molar-refractivity contribution in [3.05, 3.63) is 61.6 Å². The Labute approximate surface area is 199 Å². The Bertz CT molecular complexity index is 1270. The van der Waals surface area contributed by atoms with Gasteiger partial charge in [0.25, 0.3) is 0 Å². The van der Waals surface area contributed by atoms with Crippen molar-refractivity contribution in [2.75, 3.05) is 14.2 Å². The first-order chi connectivity index (χ1) is 15.5. The highest BCUT2D eigenvalue weighted by Crippen LogP contribution is 2.48. The predicted molar refractivity (Wildman–Crippen MR) is 134 cm³/mol. The summed E-state index contributed by atoms with van der Waals surface area (Å²) in [6, 6.07) is 8.56.